The highest BCUT2D eigenvalue weighted by Gasteiger charge is 2.40. The third-order valence-corrected chi connectivity index (χ3v) is 8.14. The van der Waals surface area contributed by atoms with Gasteiger partial charge in [0.15, 0.2) is 0 Å². The number of amides is 2. The number of nitrogens with zero attached hydrogens (tertiary/aromatic N) is 5. The lowest BCUT2D eigenvalue weighted by molar-refractivity contribution is -0.122. The zero-order valence-corrected chi connectivity index (χ0v) is 23.0. The van der Waals surface area contributed by atoms with Crippen LogP contribution in [0.5, 0.6) is 0 Å². The smallest absolute Gasteiger partial charge is 0.407 e. The molecular formula is C28H27FN8O5. The largest absolute Gasteiger partial charge is 0.453 e. The second-order valence-electron chi connectivity index (χ2n) is 10.7. The van der Waals surface area contributed by atoms with Gasteiger partial charge in [0.25, 0.3) is 0 Å². The number of aryl methyl sites for hydroxylation is 2. The number of aromatic nitrogens is 6. The van der Waals surface area contributed by atoms with E-state index in [1.54, 1.807) is 43.2 Å². The maximum atomic E-state index is 15.1. The van der Waals surface area contributed by atoms with E-state index in [0.29, 0.717) is 51.9 Å². The van der Waals surface area contributed by atoms with Gasteiger partial charge in [0, 0.05) is 37.6 Å². The fourth-order valence-electron chi connectivity index (χ4n) is 6.27. The number of nitrogens with one attached hydrogen (secondary N) is 3. The van der Waals surface area contributed by atoms with Gasteiger partial charge in [-0.25, -0.2) is 14.6 Å². The van der Waals surface area contributed by atoms with Gasteiger partial charge in [-0.2, -0.15) is 4.39 Å². The highest BCUT2D eigenvalue weighted by atomic mass is 19.1. The number of ether oxygens (including phenoxy) is 2. The first-order chi connectivity index (χ1) is 20.2. The van der Waals surface area contributed by atoms with E-state index in [9.17, 15) is 14.4 Å². The number of hydrogen-bond acceptors (Lipinski definition) is 7. The van der Waals surface area contributed by atoms with E-state index in [2.05, 4.69) is 25.7 Å². The van der Waals surface area contributed by atoms with Crippen LogP contribution in [0.15, 0.2) is 41.5 Å². The summed E-state index contributed by atoms with van der Waals surface area (Å²) in [7, 11) is 4.58. The molecule has 3 atom stereocenters. The molecule has 13 nitrogen and oxygen atoms in total. The highest BCUT2D eigenvalue weighted by molar-refractivity contribution is 6.14. The minimum Gasteiger partial charge on any atom is -0.453 e. The van der Waals surface area contributed by atoms with Gasteiger partial charge in [-0.3, -0.25) is 18.6 Å². The van der Waals surface area contributed by atoms with Gasteiger partial charge >= 0.3 is 11.8 Å². The van der Waals surface area contributed by atoms with E-state index in [1.807, 2.05) is 12.1 Å². The van der Waals surface area contributed by atoms with Crippen molar-refractivity contribution in [3.8, 4) is 22.4 Å². The van der Waals surface area contributed by atoms with Gasteiger partial charge in [0.05, 0.1) is 53.1 Å². The minimum atomic E-state index is -0.658. The van der Waals surface area contributed by atoms with Crippen molar-refractivity contribution in [3.05, 3.63) is 53.1 Å². The number of H-pyrrole nitrogens is 1. The van der Waals surface area contributed by atoms with Crippen LogP contribution in [0.2, 0.25) is 0 Å². The Morgan fingerprint density at radius 1 is 1.19 bits per heavy atom. The van der Waals surface area contributed by atoms with E-state index >= 15 is 4.39 Å². The summed E-state index contributed by atoms with van der Waals surface area (Å²) in [6.45, 7) is -0.248. The van der Waals surface area contributed by atoms with Crippen molar-refractivity contribution in [2.75, 3.05) is 19.0 Å². The van der Waals surface area contributed by atoms with Crippen LogP contribution in [0.1, 0.15) is 18.9 Å². The number of anilines is 1. The molecule has 1 aliphatic carbocycles. The number of aromatic amines is 1. The van der Waals surface area contributed by atoms with E-state index in [-0.39, 0.29) is 23.8 Å². The van der Waals surface area contributed by atoms with E-state index in [0.717, 1.165) is 5.56 Å². The Kier molecular flexibility index (Phi) is 5.90. The fourth-order valence-corrected chi connectivity index (χ4v) is 6.27. The summed E-state index contributed by atoms with van der Waals surface area (Å²) in [5.74, 6) is -1.03. The molecule has 3 N–H and O–H groups in total. The van der Waals surface area contributed by atoms with Crippen molar-refractivity contribution >= 4 is 39.8 Å². The van der Waals surface area contributed by atoms with E-state index in [1.165, 1.54) is 16.4 Å². The SMILES string of the molecule is COC(=O)N[C@H]1C[C@H]2C[C@H]1OCC(=O)Nc1ccc(cc1)-c1c(-c3cn(C)nc3F)[nH]c3ncc4c(c13)n2c(=O)n4C. The van der Waals surface area contributed by atoms with Gasteiger partial charge in [-0.05, 0) is 30.5 Å². The molecule has 1 aromatic carbocycles. The summed E-state index contributed by atoms with van der Waals surface area (Å²) in [4.78, 5) is 46.8. The van der Waals surface area contributed by atoms with Crippen LogP contribution in [0.3, 0.4) is 0 Å². The zero-order valence-electron chi connectivity index (χ0n) is 23.0. The fraction of sp³-hybridized carbons (Fsp3) is 0.321. The molecule has 3 aliphatic rings. The molecular weight excluding hydrogens is 547 g/mol. The molecule has 4 aromatic heterocycles. The van der Waals surface area contributed by atoms with Gasteiger partial charge in [0.1, 0.15) is 12.3 Å². The zero-order chi connectivity index (χ0) is 29.3. The third-order valence-electron chi connectivity index (χ3n) is 8.14. The summed E-state index contributed by atoms with van der Waals surface area (Å²) >= 11 is 0. The molecule has 6 heterocycles. The number of alkyl carbamates (subject to hydrolysis) is 1. The van der Waals surface area contributed by atoms with Gasteiger partial charge < -0.3 is 25.1 Å². The maximum Gasteiger partial charge on any atom is 0.407 e. The van der Waals surface area contributed by atoms with Crippen molar-refractivity contribution in [3.63, 3.8) is 0 Å². The molecule has 1 fully saturated rings. The maximum absolute atomic E-state index is 15.1. The number of hydrogen-bond donors (Lipinski definition) is 3. The number of carbonyl (C=O) groups is 2. The molecule has 216 valence electrons. The van der Waals surface area contributed by atoms with Crippen LogP contribution < -0.4 is 16.3 Å². The van der Waals surface area contributed by atoms with Crippen LogP contribution in [-0.2, 0) is 28.4 Å². The van der Waals surface area contributed by atoms with Crippen molar-refractivity contribution in [1.29, 1.82) is 0 Å². The van der Waals surface area contributed by atoms with Crippen molar-refractivity contribution in [1.82, 2.24) is 34.2 Å². The predicted octanol–water partition coefficient (Wildman–Crippen LogP) is 2.82. The first-order valence-electron chi connectivity index (χ1n) is 13.4. The Morgan fingerprint density at radius 3 is 2.69 bits per heavy atom. The lowest BCUT2D eigenvalue weighted by atomic mass is 9.99. The Bertz CT molecular complexity index is 1950. The lowest BCUT2D eigenvalue weighted by Gasteiger charge is -2.20. The molecule has 0 saturated heterocycles. The normalized spacial score (nSPS) is 20.2. The van der Waals surface area contributed by atoms with Crippen molar-refractivity contribution in [2.24, 2.45) is 14.1 Å². The molecule has 2 aliphatic heterocycles. The second kappa shape index (κ2) is 9.55. The number of halogens is 1. The molecule has 8 rings (SSSR count). The van der Waals surface area contributed by atoms with Gasteiger partial charge in [0.2, 0.25) is 11.9 Å². The second-order valence-corrected chi connectivity index (χ2v) is 10.7. The molecule has 4 bridgehead atoms. The third kappa shape index (κ3) is 3.97. The first-order valence-corrected chi connectivity index (χ1v) is 13.4. The molecule has 2 amide bonds. The Morgan fingerprint density at radius 2 is 1.98 bits per heavy atom. The lowest BCUT2D eigenvalue weighted by Crippen LogP contribution is -2.42. The van der Waals surface area contributed by atoms with Crippen molar-refractivity contribution < 1.29 is 23.5 Å². The van der Waals surface area contributed by atoms with Crippen LogP contribution in [-0.4, -0.2) is 66.7 Å². The van der Waals surface area contributed by atoms with Crippen LogP contribution >= 0.6 is 0 Å². The van der Waals surface area contributed by atoms with Crippen LogP contribution in [0.25, 0.3) is 44.5 Å². The number of pyridine rings is 1. The molecule has 42 heavy (non-hydrogen) atoms. The Hall–Kier alpha value is -4.98. The topological polar surface area (TPSA) is 150 Å². The quantitative estimate of drug-likeness (QED) is 0.293. The number of benzene rings is 1. The molecule has 0 spiro atoms. The summed E-state index contributed by atoms with van der Waals surface area (Å²) in [6, 6.07) is 6.21. The Balaban J connectivity index is 1.55. The first kappa shape index (κ1) is 26.0. The average molecular weight is 575 g/mol. The standard InChI is InChI=1S/C28H27FN8O5/c1-35-11-16(25(29)34-35)23-21-13-4-6-14(7-5-13)31-20(38)12-42-19-9-15(8-17(19)32-27(39)41-3)37-24-18(36(2)28(37)40)10-30-26(33-23)22(21)24/h4-7,10-11,15,17,19H,8-9,12H2,1-3H3,(H,30,33)(H,31,38)(H,32,39)/t15-,17-,19+/m0/s1. The molecule has 5 aromatic rings. The van der Waals surface area contributed by atoms with E-state index in [4.69, 9.17) is 9.47 Å². The minimum absolute atomic E-state index is 0.246. The molecule has 14 heteroatoms. The number of imidazole rings is 1. The van der Waals surface area contributed by atoms with Crippen LogP contribution in [0.4, 0.5) is 14.9 Å². The number of rotatable bonds is 2. The van der Waals surface area contributed by atoms with Crippen LogP contribution in [0, 0.1) is 5.95 Å². The van der Waals surface area contributed by atoms with Gasteiger partial charge in [-0.1, -0.05) is 12.1 Å². The molecule has 0 radical (unpaired) electrons. The summed E-state index contributed by atoms with van der Waals surface area (Å²) < 4.78 is 30.6. The Labute approximate surface area is 237 Å². The van der Waals surface area contributed by atoms with Gasteiger partial charge in [-0.15, -0.1) is 5.10 Å². The summed E-state index contributed by atoms with van der Waals surface area (Å²) in [6.07, 6.45) is 2.68. The highest BCUT2D eigenvalue weighted by Crippen LogP contribution is 2.43. The number of methoxy groups -OCH3 is 1. The van der Waals surface area contributed by atoms with Crippen molar-refractivity contribution in [2.45, 2.75) is 31.0 Å². The van der Waals surface area contributed by atoms with E-state index < -0.39 is 30.2 Å². The average Bonchev–Trinajstić information content (AvgIpc) is 3.70. The molecule has 0 unspecified atom stereocenters. The monoisotopic (exact) mass is 574 g/mol. The predicted molar refractivity (Wildman–Crippen MR) is 150 cm³/mol. The number of carbonyl (C=O) groups excluding carboxylic acids is 2. The summed E-state index contributed by atoms with van der Waals surface area (Å²) in [5.41, 5.74) is 3.99. The molecule has 1 saturated carbocycles. The number of fused-ring (bicyclic) bond motifs is 5. The summed E-state index contributed by atoms with van der Waals surface area (Å²) in [5, 5.41) is 10.2.